The quantitative estimate of drug-likeness (QED) is 0.106. The van der Waals surface area contributed by atoms with E-state index in [1.54, 1.807) is 5.01 Å². The molecule has 0 N–H and O–H groups in total. The number of fused-ring (bicyclic) bond motifs is 2. The molecule has 0 spiro atoms. The van der Waals surface area contributed by atoms with Crippen molar-refractivity contribution in [2.45, 2.75) is 6.92 Å². The van der Waals surface area contributed by atoms with E-state index in [0.717, 1.165) is 32.5 Å². The van der Waals surface area contributed by atoms with Gasteiger partial charge in [-0.15, -0.1) is 15.3 Å². The molecule has 36 heavy (non-hydrogen) atoms. The highest BCUT2D eigenvalue weighted by Crippen LogP contribution is 2.32. The van der Waals surface area contributed by atoms with Gasteiger partial charge in [-0.05, 0) is 42.8 Å². The number of azo groups is 1. The van der Waals surface area contributed by atoms with Gasteiger partial charge in [-0.25, -0.2) is 4.98 Å². The van der Waals surface area contributed by atoms with Gasteiger partial charge in [-0.3, -0.25) is 0 Å². The Kier molecular flexibility index (Phi) is 5.77. The van der Waals surface area contributed by atoms with Crippen LogP contribution in [0.5, 0.6) is 0 Å². The summed E-state index contributed by atoms with van der Waals surface area (Å²) in [5.41, 5.74) is 4.96. The molecule has 0 unspecified atom stereocenters. The Morgan fingerprint density at radius 3 is 2.31 bits per heavy atom. The first kappa shape index (κ1) is 21.8. The molecule has 6 rings (SSSR count). The van der Waals surface area contributed by atoms with E-state index >= 15 is 0 Å². The zero-order chi connectivity index (χ0) is 24.3. The van der Waals surface area contributed by atoms with Gasteiger partial charge in [-0.2, -0.15) is 9.99 Å². The van der Waals surface area contributed by atoms with Crippen molar-refractivity contribution in [3.8, 4) is 0 Å². The summed E-state index contributed by atoms with van der Waals surface area (Å²) < 4.78 is 7.16. The number of para-hydroxylation sites is 4. The van der Waals surface area contributed by atoms with Gasteiger partial charge in [0.05, 0.1) is 15.9 Å². The average Bonchev–Trinajstić information content (AvgIpc) is 3.54. The Labute approximate surface area is 211 Å². The third kappa shape index (κ3) is 4.37. The summed E-state index contributed by atoms with van der Waals surface area (Å²) in [6, 6.07) is 33.6. The summed E-state index contributed by atoms with van der Waals surface area (Å²) in [4.78, 5) is 9.27. The van der Waals surface area contributed by atoms with Crippen molar-refractivity contribution >= 4 is 55.3 Å². The zero-order valence-corrected chi connectivity index (χ0v) is 20.1. The standard InChI is InChI=1S/C28H20N6OS/c1-19-11-5-8-16-23(19)34(28-30-21-14-6-9-17-24(21)35-28)33-26(20-12-3-2-4-13-20)31-32-27-29-22-15-7-10-18-25(22)36-27/h2-18H,1H3. The second-order valence-electron chi connectivity index (χ2n) is 8.02. The third-order valence-electron chi connectivity index (χ3n) is 5.55. The van der Waals surface area contributed by atoms with Crippen LogP contribution in [0.1, 0.15) is 11.1 Å². The number of nitrogens with zero attached hydrogens (tertiary/aromatic N) is 6. The molecule has 2 aromatic heterocycles. The Morgan fingerprint density at radius 1 is 0.778 bits per heavy atom. The Balaban J connectivity index is 1.50. The molecule has 7 nitrogen and oxygen atoms in total. The molecule has 0 amide bonds. The van der Waals surface area contributed by atoms with Crippen LogP contribution in [-0.2, 0) is 0 Å². The van der Waals surface area contributed by atoms with E-state index in [-0.39, 0.29) is 0 Å². The van der Waals surface area contributed by atoms with Crippen molar-refractivity contribution in [2.24, 2.45) is 15.3 Å². The van der Waals surface area contributed by atoms with Gasteiger partial charge < -0.3 is 4.42 Å². The van der Waals surface area contributed by atoms with Crippen molar-refractivity contribution in [3.63, 3.8) is 0 Å². The van der Waals surface area contributed by atoms with Crippen LogP contribution in [-0.4, -0.2) is 15.8 Å². The van der Waals surface area contributed by atoms with E-state index < -0.39 is 0 Å². The summed E-state index contributed by atoms with van der Waals surface area (Å²) in [5, 5.41) is 16.2. The summed E-state index contributed by atoms with van der Waals surface area (Å²) in [7, 11) is 0. The molecule has 0 aliphatic rings. The number of hydrazone groups is 1. The lowest BCUT2D eigenvalue weighted by atomic mass is 10.2. The van der Waals surface area contributed by atoms with Crippen molar-refractivity contribution < 1.29 is 4.42 Å². The van der Waals surface area contributed by atoms with Crippen LogP contribution in [0.15, 0.2) is 123 Å². The molecular formula is C28H20N6OS. The second kappa shape index (κ2) is 9.52. The molecule has 0 saturated carbocycles. The van der Waals surface area contributed by atoms with Crippen molar-refractivity contribution in [1.82, 2.24) is 9.97 Å². The van der Waals surface area contributed by atoms with Crippen LogP contribution in [0.3, 0.4) is 0 Å². The molecular weight excluding hydrogens is 468 g/mol. The number of anilines is 2. The van der Waals surface area contributed by atoms with Crippen LogP contribution < -0.4 is 5.01 Å². The van der Waals surface area contributed by atoms with Crippen molar-refractivity contribution in [2.75, 3.05) is 5.01 Å². The highest BCUT2D eigenvalue weighted by atomic mass is 32.1. The zero-order valence-electron chi connectivity index (χ0n) is 19.3. The monoisotopic (exact) mass is 488 g/mol. The van der Waals surface area contributed by atoms with Crippen LogP contribution in [0.4, 0.5) is 16.8 Å². The maximum absolute atomic E-state index is 6.10. The van der Waals surface area contributed by atoms with Gasteiger partial charge >= 0.3 is 6.01 Å². The number of aromatic nitrogens is 2. The Morgan fingerprint density at radius 2 is 1.50 bits per heavy atom. The molecule has 0 aliphatic heterocycles. The van der Waals surface area contributed by atoms with Crippen LogP contribution in [0, 0.1) is 6.92 Å². The smallest absolute Gasteiger partial charge is 0.324 e. The molecule has 6 aromatic rings. The molecule has 0 radical (unpaired) electrons. The SMILES string of the molecule is Cc1ccccc1N(N=C(N=Nc1nc2ccccc2s1)c1ccccc1)c1nc2ccccc2o1. The molecule has 0 saturated heterocycles. The predicted molar refractivity (Wildman–Crippen MR) is 144 cm³/mol. The van der Waals surface area contributed by atoms with Crippen LogP contribution in [0.2, 0.25) is 0 Å². The number of aryl methyl sites for hydroxylation is 1. The second-order valence-corrected chi connectivity index (χ2v) is 9.03. The minimum Gasteiger partial charge on any atom is -0.422 e. The lowest BCUT2D eigenvalue weighted by Crippen LogP contribution is -2.14. The largest absolute Gasteiger partial charge is 0.422 e. The van der Waals surface area contributed by atoms with Crippen LogP contribution >= 0.6 is 11.3 Å². The average molecular weight is 489 g/mol. The van der Waals surface area contributed by atoms with Gasteiger partial charge in [-0.1, -0.05) is 84.1 Å². The van der Waals surface area contributed by atoms with E-state index in [1.165, 1.54) is 11.3 Å². The maximum Gasteiger partial charge on any atom is 0.324 e. The van der Waals surface area contributed by atoms with Gasteiger partial charge in [0.15, 0.2) is 5.58 Å². The number of amidine groups is 1. The number of hydrogen-bond acceptors (Lipinski definition) is 7. The summed E-state index contributed by atoms with van der Waals surface area (Å²) >= 11 is 1.48. The minimum atomic E-state index is 0.342. The van der Waals surface area contributed by atoms with E-state index in [1.807, 2.05) is 110 Å². The number of benzene rings is 4. The van der Waals surface area contributed by atoms with Crippen LogP contribution in [0.25, 0.3) is 21.3 Å². The summed E-state index contributed by atoms with van der Waals surface area (Å²) in [6.45, 7) is 2.02. The third-order valence-corrected chi connectivity index (χ3v) is 6.47. The maximum atomic E-state index is 6.10. The number of oxazole rings is 1. The van der Waals surface area contributed by atoms with E-state index in [9.17, 15) is 0 Å². The summed E-state index contributed by atoms with van der Waals surface area (Å²) in [5.74, 6) is 0.403. The molecule has 0 aliphatic carbocycles. The highest BCUT2D eigenvalue weighted by molar-refractivity contribution is 7.21. The first-order valence-electron chi connectivity index (χ1n) is 11.4. The normalized spacial score (nSPS) is 12.1. The Bertz CT molecular complexity index is 1650. The number of thiazole rings is 1. The lowest BCUT2D eigenvalue weighted by Gasteiger charge is -2.17. The molecule has 174 valence electrons. The predicted octanol–water partition coefficient (Wildman–Crippen LogP) is 8.03. The van der Waals surface area contributed by atoms with Gasteiger partial charge in [0.1, 0.15) is 5.52 Å². The highest BCUT2D eigenvalue weighted by Gasteiger charge is 2.19. The Hall–Kier alpha value is -4.69. The fourth-order valence-electron chi connectivity index (χ4n) is 3.76. The minimum absolute atomic E-state index is 0.342. The van der Waals surface area contributed by atoms with E-state index in [2.05, 4.69) is 15.2 Å². The molecule has 2 heterocycles. The lowest BCUT2D eigenvalue weighted by molar-refractivity contribution is 0.596. The molecule has 0 fully saturated rings. The van der Waals surface area contributed by atoms with Crippen molar-refractivity contribution in [1.29, 1.82) is 0 Å². The van der Waals surface area contributed by atoms with Gasteiger partial charge in [0.25, 0.3) is 0 Å². The molecule has 0 atom stereocenters. The topological polar surface area (TPSA) is 79.2 Å². The van der Waals surface area contributed by atoms with E-state index in [0.29, 0.717) is 22.6 Å². The van der Waals surface area contributed by atoms with E-state index in [4.69, 9.17) is 14.5 Å². The fraction of sp³-hybridized carbons (Fsp3) is 0.0357. The summed E-state index contributed by atoms with van der Waals surface area (Å²) in [6.07, 6.45) is 0. The number of rotatable bonds is 5. The first-order chi connectivity index (χ1) is 17.7. The van der Waals surface area contributed by atoms with Gasteiger partial charge in [0.2, 0.25) is 11.0 Å². The molecule has 8 heteroatoms. The molecule has 0 bridgehead atoms. The fourth-order valence-corrected chi connectivity index (χ4v) is 4.55. The molecule has 4 aromatic carbocycles. The first-order valence-corrected chi connectivity index (χ1v) is 12.2. The van der Waals surface area contributed by atoms with Crippen molar-refractivity contribution in [3.05, 3.63) is 114 Å². The number of hydrogen-bond donors (Lipinski definition) is 0. The van der Waals surface area contributed by atoms with Gasteiger partial charge in [0, 0.05) is 5.56 Å².